The summed E-state index contributed by atoms with van der Waals surface area (Å²) in [5, 5.41) is 18.3. The Morgan fingerprint density at radius 2 is 1.57 bits per heavy atom. The first-order valence-corrected chi connectivity index (χ1v) is 12.1. The number of nitrogens with one attached hydrogen (secondary N) is 4. The molecule has 2 aromatic carbocycles. The van der Waals surface area contributed by atoms with Crippen LogP contribution in [0.5, 0.6) is 0 Å². The van der Waals surface area contributed by atoms with Gasteiger partial charge in [0.15, 0.2) is 0 Å². The van der Waals surface area contributed by atoms with Crippen LogP contribution in [-0.4, -0.2) is 58.5 Å². The molecular formula is C27H33N5O5. The summed E-state index contributed by atoms with van der Waals surface area (Å²) in [4.78, 5) is 53.0. The van der Waals surface area contributed by atoms with Crippen LogP contribution in [0.4, 0.5) is 0 Å². The van der Waals surface area contributed by atoms with Crippen molar-refractivity contribution in [3.05, 3.63) is 71.9 Å². The van der Waals surface area contributed by atoms with E-state index in [1.807, 2.05) is 30.3 Å². The smallest absolute Gasteiger partial charge is 0.326 e. The summed E-state index contributed by atoms with van der Waals surface area (Å²) >= 11 is 0. The molecule has 37 heavy (non-hydrogen) atoms. The van der Waals surface area contributed by atoms with E-state index in [1.165, 1.54) is 0 Å². The predicted octanol–water partition coefficient (Wildman–Crippen LogP) is 1.11. The summed E-state index contributed by atoms with van der Waals surface area (Å²) in [5.41, 5.74) is 8.19. The number of rotatable bonds is 12. The van der Waals surface area contributed by atoms with Crippen molar-refractivity contribution in [3.8, 4) is 0 Å². The lowest BCUT2D eigenvalue weighted by molar-refractivity contribution is -0.142. The predicted molar refractivity (Wildman–Crippen MR) is 139 cm³/mol. The molecule has 3 aromatic rings. The molecule has 10 heteroatoms. The fourth-order valence-electron chi connectivity index (χ4n) is 3.89. The first-order chi connectivity index (χ1) is 17.7. The third kappa shape index (κ3) is 7.65. The van der Waals surface area contributed by atoms with E-state index in [0.29, 0.717) is 0 Å². The number of carbonyl (C=O) groups excluding carboxylic acids is 3. The minimum atomic E-state index is -1.22. The molecule has 3 amide bonds. The maximum absolute atomic E-state index is 13.2. The molecule has 0 fully saturated rings. The Morgan fingerprint density at radius 1 is 0.892 bits per heavy atom. The number of hydrogen-bond donors (Lipinski definition) is 6. The zero-order chi connectivity index (χ0) is 26.9. The van der Waals surface area contributed by atoms with Crippen LogP contribution in [0.3, 0.4) is 0 Å². The van der Waals surface area contributed by atoms with Crippen molar-refractivity contribution < 1.29 is 24.3 Å². The second-order valence-electron chi connectivity index (χ2n) is 9.26. The van der Waals surface area contributed by atoms with Gasteiger partial charge in [0.25, 0.3) is 0 Å². The maximum Gasteiger partial charge on any atom is 0.326 e. The van der Waals surface area contributed by atoms with Crippen LogP contribution in [0, 0.1) is 5.92 Å². The van der Waals surface area contributed by atoms with Gasteiger partial charge >= 0.3 is 5.97 Å². The molecule has 10 nitrogen and oxygen atoms in total. The van der Waals surface area contributed by atoms with Crippen LogP contribution >= 0.6 is 0 Å². The molecule has 196 valence electrons. The monoisotopic (exact) mass is 507 g/mol. The highest BCUT2D eigenvalue weighted by atomic mass is 16.4. The molecule has 0 aliphatic carbocycles. The van der Waals surface area contributed by atoms with Gasteiger partial charge in [-0.3, -0.25) is 14.4 Å². The van der Waals surface area contributed by atoms with Gasteiger partial charge < -0.3 is 31.8 Å². The highest BCUT2D eigenvalue weighted by Gasteiger charge is 2.28. The molecule has 3 rings (SSSR count). The summed E-state index contributed by atoms with van der Waals surface area (Å²) < 4.78 is 0. The SMILES string of the molecule is CC(C)C(N)C(=O)NCC(=O)NC(Cc1ccccc1)C(=O)NC(Cc1c[nH]c2ccccc12)C(=O)O. The van der Waals surface area contributed by atoms with Crippen LogP contribution < -0.4 is 21.7 Å². The van der Waals surface area contributed by atoms with Gasteiger partial charge in [0.2, 0.25) is 17.7 Å². The van der Waals surface area contributed by atoms with Gasteiger partial charge in [-0.05, 0) is 23.1 Å². The molecule has 3 atom stereocenters. The second-order valence-corrected chi connectivity index (χ2v) is 9.26. The Labute approximate surface area is 215 Å². The quantitative estimate of drug-likeness (QED) is 0.215. The van der Waals surface area contributed by atoms with Crippen LogP contribution in [0.2, 0.25) is 0 Å². The molecule has 0 aliphatic rings. The number of carbonyl (C=O) groups is 4. The molecule has 0 bridgehead atoms. The molecule has 0 radical (unpaired) electrons. The van der Waals surface area contributed by atoms with Crippen molar-refractivity contribution in [3.63, 3.8) is 0 Å². The minimum Gasteiger partial charge on any atom is -0.480 e. The van der Waals surface area contributed by atoms with E-state index in [9.17, 15) is 24.3 Å². The summed E-state index contributed by atoms with van der Waals surface area (Å²) in [6, 6.07) is 13.5. The topological polar surface area (TPSA) is 166 Å². The third-order valence-corrected chi connectivity index (χ3v) is 6.09. The summed E-state index contributed by atoms with van der Waals surface area (Å²) in [6.45, 7) is 3.22. The molecule has 0 spiro atoms. The number of aromatic amines is 1. The number of carboxylic acid groups (broad SMARTS) is 1. The Hall–Kier alpha value is -4.18. The highest BCUT2D eigenvalue weighted by Crippen LogP contribution is 2.19. The number of amides is 3. The minimum absolute atomic E-state index is 0.0558. The van der Waals surface area contributed by atoms with E-state index in [2.05, 4.69) is 20.9 Å². The van der Waals surface area contributed by atoms with Gasteiger partial charge in [-0.1, -0.05) is 62.4 Å². The fourth-order valence-corrected chi connectivity index (χ4v) is 3.89. The van der Waals surface area contributed by atoms with Crippen molar-refractivity contribution in [2.45, 2.75) is 44.8 Å². The van der Waals surface area contributed by atoms with Gasteiger partial charge in [0, 0.05) is 29.9 Å². The van der Waals surface area contributed by atoms with Gasteiger partial charge in [-0.2, -0.15) is 0 Å². The molecule has 0 saturated heterocycles. The lowest BCUT2D eigenvalue weighted by Gasteiger charge is -2.22. The van der Waals surface area contributed by atoms with Crippen LogP contribution in [0.15, 0.2) is 60.8 Å². The summed E-state index contributed by atoms with van der Waals surface area (Å²) in [7, 11) is 0. The Balaban J connectivity index is 1.71. The zero-order valence-electron chi connectivity index (χ0n) is 20.9. The van der Waals surface area contributed by atoms with Gasteiger partial charge in [-0.15, -0.1) is 0 Å². The summed E-state index contributed by atoms with van der Waals surface area (Å²) in [5.74, 6) is -3.01. The lowest BCUT2D eigenvalue weighted by Crippen LogP contribution is -2.55. The average molecular weight is 508 g/mol. The highest BCUT2D eigenvalue weighted by molar-refractivity contribution is 5.93. The number of nitrogens with two attached hydrogens (primary N) is 1. The lowest BCUT2D eigenvalue weighted by atomic mass is 10.0. The molecule has 7 N–H and O–H groups in total. The van der Waals surface area contributed by atoms with Crippen LogP contribution in [0.1, 0.15) is 25.0 Å². The molecule has 0 saturated carbocycles. The number of benzene rings is 2. The molecule has 1 heterocycles. The van der Waals surface area contributed by atoms with E-state index < -0.39 is 41.8 Å². The zero-order valence-corrected chi connectivity index (χ0v) is 20.9. The van der Waals surface area contributed by atoms with Gasteiger partial charge in [0.05, 0.1) is 12.6 Å². The van der Waals surface area contributed by atoms with E-state index in [-0.39, 0.29) is 25.3 Å². The number of aliphatic carboxylic acids is 1. The van der Waals surface area contributed by atoms with Crippen molar-refractivity contribution in [1.29, 1.82) is 0 Å². The van der Waals surface area contributed by atoms with Crippen LogP contribution in [0.25, 0.3) is 10.9 Å². The van der Waals surface area contributed by atoms with E-state index in [1.54, 1.807) is 44.3 Å². The Morgan fingerprint density at radius 3 is 2.24 bits per heavy atom. The Bertz CT molecular complexity index is 1240. The fraction of sp³-hybridized carbons (Fsp3) is 0.333. The largest absolute Gasteiger partial charge is 0.480 e. The van der Waals surface area contributed by atoms with Crippen molar-refractivity contribution in [2.24, 2.45) is 11.7 Å². The number of carboxylic acids is 1. The van der Waals surface area contributed by atoms with Gasteiger partial charge in [-0.25, -0.2) is 4.79 Å². The summed E-state index contributed by atoms with van der Waals surface area (Å²) in [6.07, 6.45) is 1.91. The second kappa shape index (κ2) is 12.7. The molecular weight excluding hydrogens is 474 g/mol. The standard InChI is InChI=1S/C27H33N5O5/c1-16(2)24(28)26(35)30-15-23(33)31-21(12-17-8-4-3-5-9-17)25(34)32-22(27(36)37)13-18-14-29-20-11-7-6-10-19(18)20/h3-11,14,16,21-22,24,29H,12-13,15,28H2,1-2H3,(H,30,35)(H,31,33)(H,32,34)(H,36,37). The number of para-hydroxylation sites is 1. The normalized spacial score (nSPS) is 13.5. The molecule has 1 aromatic heterocycles. The van der Waals surface area contributed by atoms with Gasteiger partial charge in [0.1, 0.15) is 12.1 Å². The van der Waals surface area contributed by atoms with E-state index in [0.717, 1.165) is 22.0 Å². The molecule has 3 unspecified atom stereocenters. The Kier molecular flexibility index (Phi) is 9.39. The van der Waals surface area contributed by atoms with Crippen molar-refractivity contribution in [2.75, 3.05) is 6.54 Å². The van der Waals surface area contributed by atoms with E-state index in [4.69, 9.17) is 5.73 Å². The third-order valence-electron chi connectivity index (χ3n) is 6.09. The first-order valence-electron chi connectivity index (χ1n) is 12.1. The van der Waals surface area contributed by atoms with Crippen molar-refractivity contribution in [1.82, 2.24) is 20.9 Å². The average Bonchev–Trinajstić information content (AvgIpc) is 3.29. The maximum atomic E-state index is 13.2. The van der Waals surface area contributed by atoms with Crippen molar-refractivity contribution >= 4 is 34.6 Å². The number of aromatic nitrogens is 1. The first kappa shape index (κ1) is 27.4. The van der Waals surface area contributed by atoms with Crippen LogP contribution in [-0.2, 0) is 32.0 Å². The number of fused-ring (bicyclic) bond motifs is 1. The number of H-pyrrole nitrogens is 1. The molecule has 0 aliphatic heterocycles. The number of hydrogen-bond acceptors (Lipinski definition) is 5. The van der Waals surface area contributed by atoms with E-state index >= 15 is 0 Å².